The van der Waals surface area contributed by atoms with E-state index < -0.39 is 10.0 Å². The van der Waals surface area contributed by atoms with E-state index in [1.165, 1.54) is 0 Å². The summed E-state index contributed by atoms with van der Waals surface area (Å²) in [6, 6.07) is 5.50. The molecule has 0 unspecified atom stereocenters. The molecule has 0 amide bonds. The lowest BCUT2D eigenvalue weighted by Gasteiger charge is -2.11. The number of aryl methyl sites for hydroxylation is 2. The van der Waals surface area contributed by atoms with Gasteiger partial charge >= 0.3 is 0 Å². The second-order valence-corrected chi connectivity index (χ2v) is 6.53. The highest BCUT2D eigenvalue weighted by Gasteiger charge is 2.05. The molecule has 20 heavy (non-hydrogen) atoms. The van der Waals surface area contributed by atoms with Crippen LogP contribution >= 0.6 is 0 Å². The Bertz CT molecular complexity index is 707. The quantitative estimate of drug-likeness (QED) is 0.880. The molecule has 0 fully saturated rings. The molecule has 1 heterocycles. The van der Waals surface area contributed by atoms with Crippen LogP contribution in [0.4, 0.5) is 11.4 Å². The summed E-state index contributed by atoms with van der Waals surface area (Å²) in [6.07, 6.45) is 4.89. The van der Waals surface area contributed by atoms with E-state index >= 15 is 0 Å². The molecule has 0 bridgehead atoms. The first-order valence-corrected chi connectivity index (χ1v) is 8.02. The normalized spacial score (nSPS) is 11.3. The molecule has 0 saturated heterocycles. The van der Waals surface area contributed by atoms with Crippen LogP contribution in [0.3, 0.4) is 0 Å². The van der Waals surface area contributed by atoms with Gasteiger partial charge in [-0.1, -0.05) is 0 Å². The van der Waals surface area contributed by atoms with Gasteiger partial charge in [0, 0.05) is 31.0 Å². The Balaban J connectivity index is 2.05. The van der Waals surface area contributed by atoms with Gasteiger partial charge in [-0.2, -0.15) is 5.10 Å². The topological polar surface area (TPSA) is 76.0 Å². The minimum atomic E-state index is -3.25. The molecule has 108 valence electrons. The summed E-state index contributed by atoms with van der Waals surface area (Å²) in [7, 11) is -1.37. The third-order valence-corrected chi connectivity index (χ3v) is 3.37. The lowest BCUT2D eigenvalue weighted by atomic mass is 10.2. The van der Waals surface area contributed by atoms with Gasteiger partial charge in [0.1, 0.15) is 0 Å². The first-order chi connectivity index (χ1) is 9.33. The molecule has 0 atom stereocenters. The summed E-state index contributed by atoms with van der Waals surface area (Å²) in [6.45, 7) is 2.54. The van der Waals surface area contributed by atoms with Crippen LogP contribution in [-0.2, 0) is 23.6 Å². The van der Waals surface area contributed by atoms with Crippen LogP contribution in [0.25, 0.3) is 0 Å². The van der Waals surface area contributed by atoms with Crippen LogP contribution in [0.5, 0.6) is 0 Å². The third kappa shape index (κ3) is 3.99. The maximum absolute atomic E-state index is 11.2. The predicted octanol–water partition coefficient (Wildman–Crippen LogP) is 1.71. The van der Waals surface area contributed by atoms with E-state index in [1.54, 1.807) is 16.9 Å². The van der Waals surface area contributed by atoms with Crippen molar-refractivity contribution in [2.24, 2.45) is 7.05 Å². The number of sulfonamides is 1. The SMILES string of the molecule is Cc1cc(NCc2cnn(C)c2)ccc1NS(C)(=O)=O. The Hall–Kier alpha value is -2.02. The summed E-state index contributed by atoms with van der Waals surface area (Å²) in [5, 5.41) is 7.38. The van der Waals surface area contributed by atoms with Gasteiger partial charge in [-0.15, -0.1) is 0 Å². The maximum Gasteiger partial charge on any atom is 0.229 e. The Morgan fingerprint density at radius 2 is 2.10 bits per heavy atom. The molecule has 0 aliphatic carbocycles. The van der Waals surface area contributed by atoms with Crippen molar-refractivity contribution in [1.82, 2.24) is 9.78 Å². The number of hydrogen-bond donors (Lipinski definition) is 2. The second-order valence-electron chi connectivity index (χ2n) is 4.78. The number of anilines is 2. The van der Waals surface area contributed by atoms with Gasteiger partial charge in [0.05, 0.1) is 18.1 Å². The van der Waals surface area contributed by atoms with Crippen molar-refractivity contribution in [3.05, 3.63) is 41.7 Å². The van der Waals surface area contributed by atoms with Crippen molar-refractivity contribution in [2.45, 2.75) is 13.5 Å². The minimum absolute atomic E-state index is 0.597. The number of nitrogens with zero attached hydrogens (tertiary/aromatic N) is 2. The van der Waals surface area contributed by atoms with Crippen LogP contribution in [-0.4, -0.2) is 24.5 Å². The molecule has 0 radical (unpaired) electrons. The first-order valence-electron chi connectivity index (χ1n) is 6.13. The van der Waals surface area contributed by atoms with Gasteiger partial charge in [0.15, 0.2) is 0 Å². The summed E-state index contributed by atoms with van der Waals surface area (Å²) >= 11 is 0. The van der Waals surface area contributed by atoms with Crippen LogP contribution in [0.15, 0.2) is 30.6 Å². The highest BCUT2D eigenvalue weighted by Crippen LogP contribution is 2.20. The Kier molecular flexibility index (Phi) is 3.99. The average Bonchev–Trinajstić information content (AvgIpc) is 2.74. The van der Waals surface area contributed by atoms with E-state index in [9.17, 15) is 8.42 Å². The molecule has 2 aromatic rings. The van der Waals surface area contributed by atoms with Gasteiger partial charge in [-0.25, -0.2) is 8.42 Å². The lowest BCUT2D eigenvalue weighted by molar-refractivity contribution is 0.607. The number of aromatic nitrogens is 2. The standard InChI is InChI=1S/C13H18N4O2S/c1-10-6-12(4-5-13(10)16-20(3,18)19)14-7-11-8-15-17(2)9-11/h4-6,8-9,14,16H,7H2,1-3H3. The Morgan fingerprint density at radius 1 is 1.35 bits per heavy atom. The van der Waals surface area contributed by atoms with Gasteiger partial charge in [0.25, 0.3) is 0 Å². The molecule has 0 saturated carbocycles. The van der Waals surface area contributed by atoms with E-state index in [0.29, 0.717) is 12.2 Å². The Labute approximate surface area is 118 Å². The number of hydrogen-bond acceptors (Lipinski definition) is 4. The number of nitrogens with one attached hydrogen (secondary N) is 2. The molecule has 2 rings (SSSR count). The molecule has 0 aliphatic rings. The van der Waals surface area contributed by atoms with Crippen LogP contribution < -0.4 is 10.0 Å². The molecule has 0 spiro atoms. The van der Waals surface area contributed by atoms with Crippen LogP contribution in [0.1, 0.15) is 11.1 Å². The van der Waals surface area contributed by atoms with E-state index in [-0.39, 0.29) is 0 Å². The summed E-state index contributed by atoms with van der Waals surface area (Å²) in [5.41, 5.74) is 3.49. The molecule has 6 nitrogen and oxygen atoms in total. The van der Waals surface area contributed by atoms with E-state index in [4.69, 9.17) is 0 Å². The van der Waals surface area contributed by atoms with Gasteiger partial charge < -0.3 is 5.32 Å². The maximum atomic E-state index is 11.2. The zero-order chi connectivity index (χ0) is 14.8. The fourth-order valence-corrected chi connectivity index (χ4v) is 2.48. The van der Waals surface area contributed by atoms with Crippen LogP contribution in [0.2, 0.25) is 0 Å². The number of rotatable bonds is 5. The molecule has 2 N–H and O–H groups in total. The first kappa shape index (κ1) is 14.4. The molecule has 7 heteroatoms. The molecular weight excluding hydrogens is 276 g/mol. The van der Waals surface area contributed by atoms with Crippen molar-refractivity contribution in [3.63, 3.8) is 0 Å². The predicted molar refractivity (Wildman–Crippen MR) is 80.2 cm³/mol. The zero-order valence-electron chi connectivity index (χ0n) is 11.7. The Morgan fingerprint density at radius 3 is 2.65 bits per heavy atom. The van der Waals surface area contributed by atoms with Crippen LogP contribution in [0, 0.1) is 6.92 Å². The van der Waals surface area contributed by atoms with E-state index in [2.05, 4.69) is 15.1 Å². The fourth-order valence-electron chi connectivity index (χ4n) is 1.86. The van der Waals surface area contributed by atoms with Crippen molar-refractivity contribution >= 4 is 21.4 Å². The lowest BCUT2D eigenvalue weighted by Crippen LogP contribution is -2.10. The van der Waals surface area contributed by atoms with E-state index in [0.717, 1.165) is 23.1 Å². The zero-order valence-corrected chi connectivity index (χ0v) is 12.5. The molecule has 1 aromatic heterocycles. The highest BCUT2D eigenvalue weighted by molar-refractivity contribution is 7.92. The van der Waals surface area contributed by atoms with Gasteiger partial charge in [-0.3, -0.25) is 9.40 Å². The molecule has 1 aromatic carbocycles. The van der Waals surface area contributed by atoms with Gasteiger partial charge in [0.2, 0.25) is 10.0 Å². The third-order valence-electron chi connectivity index (χ3n) is 2.78. The second kappa shape index (κ2) is 5.54. The van der Waals surface area contributed by atoms with Crippen molar-refractivity contribution in [3.8, 4) is 0 Å². The monoisotopic (exact) mass is 294 g/mol. The summed E-state index contributed by atoms with van der Waals surface area (Å²) < 4.78 is 26.7. The number of benzene rings is 1. The van der Waals surface area contributed by atoms with Gasteiger partial charge in [-0.05, 0) is 30.7 Å². The fraction of sp³-hybridized carbons (Fsp3) is 0.308. The van der Waals surface area contributed by atoms with Crippen molar-refractivity contribution in [1.29, 1.82) is 0 Å². The molecule has 0 aliphatic heterocycles. The summed E-state index contributed by atoms with van der Waals surface area (Å²) in [5.74, 6) is 0. The smallest absolute Gasteiger partial charge is 0.229 e. The largest absolute Gasteiger partial charge is 0.381 e. The summed E-state index contributed by atoms with van der Waals surface area (Å²) in [4.78, 5) is 0. The highest BCUT2D eigenvalue weighted by atomic mass is 32.2. The average molecular weight is 294 g/mol. The van der Waals surface area contributed by atoms with Crippen molar-refractivity contribution in [2.75, 3.05) is 16.3 Å². The molecular formula is C13H18N4O2S. The van der Waals surface area contributed by atoms with E-state index in [1.807, 2.05) is 32.3 Å². The van der Waals surface area contributed by atoms with Crippen molar-refractivity contribution < 1.29 is 8.42 Å². The minimum Gasteiger partial charge on any atom is -0.381 e.